The minimum atomic E-state index is -3.10. The third-order valence-corrected chi connectivity index (χ3v) is 7.16. The molecule has 2 fully saturated rings. The maximum absolute atomic E-state index is 14.6. The average molecular weight is 394 g/mol. The van der Waals surface area contributed by atoms with Crippen molar-refractivity contribution in [2.75, 3.05) is 5.73 Å². The first-order valence-electron chi connectivity index (χ1n) is 11.4. The minimum absolute atomic E-state index is 0.197. The van der Waals surface area contributed by atoms with Crippen molar-refractivity contribution < 1.29 is 13.5 Å². The Balaban J connectivity index is 1.42. The summed E-state index contributed by atoms with van der Waals surface area (Å²) in [5.74, 6) is 1.83. The Kier molecular flexibility index (Phi) is 7.59. The molecule has 0 atom stereocenters. The van der Waals surface area contributed by atoms with Crippen LogP contribution in [0.1, 0.15) is 84.0 Å². The van der Waals surface area contributed by atoms with Gasteiger partial charge in [-0.15, -0.1) is 0 Å². The van der Waals surface area contributed by atoms with E-state index in [0.717, 1.165) is 24.7 Å². The second kappa shape index (κ2) is 9.93. The molecule has 0 radical (unpaired) electrons. The van der Waals surface area contributed by atoms with E-state index in [9.17, 15) is 8.78 Å². The van der Waals surface area contributed by atoms with Crippen molar-refractivity contribution in [3.05, 3.63) is 24.3 Å². The van der Waals surface area contributed by atoms with Gasteiger partial charge in [-0.2, -0.15) is 8.78 Å². The van der Waals surface area contributed by atoms with E-state index in [-0.39, 0.29) is 5.75 Å². The van der Waals surface area contributed by atoms with Crippen LogP contribution >= 0.6 is 0 Å². The Morgan fingerprint density at radius 1 is 0.893 bits per heavy atom. The standard InChI is InChI=1S/C24H37F2NO/c1-2-3-4-5-18-6-8-19(9-7-18)20-10-12-21(13-11-20)24(25,26)28-23-16-14-22(27)15-17-23/h14-21H,2-13,27H2,1H3. The van der Waals surface area contributed by atoms with Gasteiger partial charge in [0.1, 0.15) is 5.75 Å². The van der Waals surface area contributed by atoms with Gasteiger partial charge in [-0.1, -0.05) is 45.4 Å². The predicted octanol–water partition coefficient (Wildman–Crippen LogP) is 7.43. The van der Waals surface area contributed by atoms with Gasteiger partial charge >= 0.3 is 6.11 Å². The molecule has 0 amide bonds. The van der Waals surface area contributed by atoms with Crippen LogP contribution in [0.15, 0.2) is 24.3 Å². The molecule has 2 nitrogen and oxygen atoms in total. The topological polar surface area (TPSA) is 35.2 Å². The minimum Gasteiger partial charge on any atom is -0.432 e. The zero-order valence-electron chi connectivity index (χ0n) is 17.3. The molecule has 0 unspecified atom stereocenters. The van der Waals surface area contributed by atoms with Crippen LogP contribution in [0.2, 0.25) is 0 Å². The molecular weight excluding hydrogens is 356 g/mol. The third-order valence-electron chi connectivity index (χ3n) is 7.16. The molecule has 0 saturated heterocycles. The van der Waals surface area contributed by atoms with E-state index in [1.54, 1.807) is 12.1 Å². The van der Waals surface area contributed by atoms with Gasteiger partial charge < -0.3 is 10.5 Å². The van der Waals surface area contributed by atoms with Crippen molar-refractivity contribution in [1.29, 1.82) is 0 Å². The van der Waals surface area contributed by atoms with E-state index in [4.69, 9.17) is 10.5 Å². The molecule has 0 bridgehead atoms. The van der Waals surface area contributed by atoms with Crippen molar-refractivity contribution in [2.24, 2.45) is 23.7 Å². The van der Waals surface area contributed by atoms with Crippen molar-refractivity contribution in [3.8, 4) is 5.75 Å². The molecule has 28 heavy (non-hydrogen) atoms. The molecule has 1 aromatic rings. The quantitative estimate of drug-likeness (QED) is 0.368. The number of nitrogen functional groups attached to an aromatic ring is 1. The number of ether oxygens (including phenoxy) is 1. The average Bonchev–Trinajstić information content (AvgIpc) is 2.70. The molecule has 0 spiro atoms. The molecule has 0 heterocycles. The number of alkyl halides is 2. The van der Waals surface area contributed by atoms with Crippen LogP contribution in [0.5, 0.6) is 5.75 Å². The molecule has 0 aromatic heterocycles. The highest BCUT2D eigenvalue weighted by atomic mass is 19.3. The Hall–Kier alpha value is -1.32. The zero-order valence-corrected chi connectivity index (χ0v) is 17.3. The van der Waals surface area contributed by atoms with Crippen molar-refractivity contribution >= 4 is 5.69 Å². The lowest BCUT2D eigenvalue weighted by Gasteiger charge is -2.39. The van der Waals surface area contributed by atoms with Gasteiger partial charge in [0.2, 0.25) is 0 Å². The van der Waals surface area contributed by atoms with Gasteiger partial charge in [0.05, 0.1) is 5.92 Å². The first-order valence-corrected chi connectivity index (χ1v) is 11.4. The second-order valence-corrected chi connectivity index (χ2v) is 9.12. The molecule has 2 aliphatic carbocycles. The maximum atomic E-state index is 14.6. The van der Waals surface area contributed by atoms with Crippen molar-refractivity contribution in [1.82, 2.24) is 0 Å². The number of halogens is 2. The summed E-state index contributed by atoms with van der Waals surface area (Å²) in [6, 6.07) is 6.24. The lowest BCUT2D eigenvalue weighted by atomic mass is 9.68. The van der Waals surface area contributed by atoms with E-state index in [1.807, 2.05) is 0 Å². The summed E-state index contributed by atoms with van der Waals surface area (Å²) in [5, 5.41) is 0. The van der Waals surface area contributed by atoms with Gasteiger partial charge in [-0.25, -0.2) is 0 Å². The van der Waals surface area contributed by atoms with Gasteiger partial charge in [-0.05, 0) is 80.5 Å². The highest BCUT2D eigenvalue weighted by Gasteiger charge is 2.45. The van der Waals surface area contributed by atoms with E-state index in [0.29, 0.717) is 24.4 Å². The number of benzene rings is 1. The lowest BCUT2D eigenvalue weighted by molar-refractivity contribution is -0.224. The summed E-state index contributed by atoms with van der Waals surface area (Å²) < 4.78 is 34.3. The Morgan fingerprint density at radius 3 is 2.04 bits per heavy atom. The summed E-state index contributed by atoms with van der Waals surface area (Å²) in [4.78, 5) is 0. The first kappa shape index (κ1) is 21.4. The van der Waals surface area contributed by atoms with Crippen LogP contribution in [0.4, 0.5) is 14.5 Å². The highest BCUT2D eigenvalue weighted by molar-refractivity contribution is 5.41. The highest BCUT2D eigenvalue weighted by Crippen LogP contribution is 2.46. The Morgan fingerprint density at radius 2 is 1.46 bits per heavy atom. The van der Waals surface area contributed by atoms with Crippen LogP contribution in [-0.4, -0.2) is 6.11 Å². The fraction of sp³-hybridized carbons (Fsp3) is 0.750. The summed E-state index contributed by atoms with van der Waals surface area (Å²) >= 11 is 0. The van der Waals surface area contributed by atoms with E-state index in [2.05, 4.69) is 6.92 Å². The summed E-state index contributed by atoms with van der Waals surface area (Å²) in [7, 11) is 0. The molecular formula is C24H37F2NO. The summed E-state index contributed by atoms with van der Waals surface area (Å²) in [5.41, 5.74) is 6.17. The molecule has 3 rings (SSSR count). The molecule has 2 N–H and O–H groups in total. The number of rotatable bonds is 8. The molecule has 2 saturated carbocycles. The monoisotopic (exact) mass is 393 g/mol. The fourth-order valence-electron chi connectivity index (χ4n) is 5.33. The molecule has 2 aliphatic rings. The normalized spacial score (nSPS) is 28.8. The largest absolute Gasteiger partial charge is 0.432 e. The van der Waals surface area contributed by atoms with Crippen LogP contribution in [0, 0.1) is 23.7 Å². The number of hydrogen-bond donors (Lipinski definition) is 1. The number of hydrogen-bond acceptors (Lipinski definition) is 2. The molecule has 158 valence electrons. The molecule has 4 heteroatoms. The lowest BCUT2D eigenvalue weighted by Crippen LogP contribution is -2.38. The van der Waals surface area contributed by atoms with Crippen LogP contribution < -0.4 is 10.5 Å². The van der Waals surface area contributed by atoms with Crippen molar-refractivity contribution in [2.45, 2.75) is 90.1 Å². The van der Waals surface area contributed by atoms with Gasteiger partial charge in [-0.3, -0.25) is 0 Å². The van der Waals surface area contributed by atoms with Crippen LogP contribution in [-0.2, 0) is 0 Å². The smallest absolute Gasteiger partial charge is 0.400 e. The summed E-state index contributed by atoms with van der Waals surface area (Å²) in [6.07, 6.45) is 10.6. The predicted molar refractivity (Wildman–Crippen MR) is 111 cm³/mol. The third kappa shape index (κ3) is 5.84. The van der Waals surface area contributed by atoms with Crippen LogP contribution in [0.25, 0.3) is 0 Å². The molecule has 0 aliphatic heterocycles. The van der Waals surface area contributed by atoms with E-state index in [1.165, 1.54) is 63.5 Å². The number of nitrogens with two attached hydrogens (primary N) is 1. The SMILES string of the molecule is CCCCCC1CCC(C2CCC(C(F)(F)Oc3ccc(N)cc3)CC2)CC1. The maximum Gasteiger partial charge on any atom is 0.400 e. The fourth-order valence-corrected chi connectivity index (χ4v) is 5.33. The summed E-state index contributed by atoms with van der Waals surface area (Å²) in [6.45, 7) is 2.26. The van der Waals surface area contributed by atoms with Crippen LogP contribution in [0.3, 0.4) is 0 Å². The number of unbranched alkanes of at least 4 members (excludes halogenated alkanes) is 2. The number of anilines is 1. The Bertz CT molecular complexity index is 573. The van der Waals surface area contributed by atoms with E-state index < -0.39 is 12.0 Å². The zero-order chi connectivity index (χ0) is 20.0. The first-order chi connectivity index (χ1) is 13.5. The Labute approximate surface area is 169 Å². The van der Waals surface area contributed by atoms with Crippen molar-refractivity contribution in [3.63, 3.8) is 0 Å². The van der Waals surface area contributed by atoms with Gasteiger partial charge in [0, 0.05) is 5.69 Å². The van der Waals surface area contributed by atoms with Gasteiger partial charge in [0.25, 0.3) is 0 Å². The molecule has 1 aromatic carbocycles. The second-order valence-electron chi connectivity index (χ2n) is 9.12. The van der Waals surface area contributed by atoms with Gasteiger partial charge in [0.15, 0.2) is 0 Å². The van der Waals surface area contributed by atoms with E-state index >= 15 is 0 Å².